The van der Waals surface area contributed by atoms with E-state index in [1.807, 2.05) is 64.1 Å². The van der Waals surface area contributed by atoms with Gasteiger partial charge in [-0.25, -0.2) is 4.79 Å². The van der Waals surface area contributed by atoms with Gasteiger partial charge in [-0.05, 0) is 92.4 Å². The van der Waals surface area contributed by atoms with Crippen LogP contribution in [0.4, 0.5) is 0 Å². The number of hydrogen-bond acceptors (Lipinski definition) is 7. The molecule has 0 spiro atoms. The molecule has 0 saturated heterocycles. The molecule has 0 saturated carbocycles. The van der Waals surface area contributed by atoms with Gasteiger partial charge in [0.15, 0.2) is 6.10 Å². The summed E-state index contributed by atoms with van der Waals surface area (Å²) >= 11 is 0. The van der Waals surface area contributed by atoms with Crippen molar-refractivity contribution in [2.24, 2.45) is 0 Å². The number of hydrogen-bond donors (Lipinski definition) is 1. The first-order valence-electron chi connectivity index (χ1n) is 14.8. The molecule has 232 valence electrons. The van der Waals surface area contributed by atoms with Gasteiger partial charge in [0.1, 0.15) is 17.2 Å². The number of carboxylic acids is 1. The highest BCUT2D eigenvalue weighted by molar-refractivity contribution is 6.08. The number of methoxy groups -OCH3 is 2. The summed E-state index contributed by atoms with van der Waals surface area (Å²) in [4.78, 5) is 31.2. The van der Waals surface area contributed by atoms with E-state index in [4.69, 9.17) is 23.9 Å². The Morgan fingerprint density at radius 1 is 1.04 bits per heavy atom. The van der Waals surface area contributed by atoms with E-state index in [2.05, 4.69) is 0 Å². The number of benzene rings is 3. The molecule has 3 aromatic carbocycles. The van der Waals surface area contributed by atoms with Crippen LogP contribution in [0, 0.1) is 6.92 Å². The van der Waals surface area contributed by atoms with E-state index in [9.17, 15) is 14.7 Å². The summed E-state index contributed by atoms with van der Waals surface area (Å²) in [6, 6.07) is 16.5. The minimum Gasteiger partial charge on any atom is -0.497 e. The van der Waals surface area contributed by atoms with Crippen LogP contribution in [0.3, 0.4) is 0 Å². The number of rotatable bonds is 8. The lowest BCUT2D eigenvalue weighted by atomic mass is 9.86. The van der Waals surface area contributed by atoms with Gasteiger partial charge >= 0.3 is 5.97 Å². The van der Waals surface area contributed by atoms with Gasteiger partial charge in [-0.1, -0.05) is 0 Å². The average Bonchev–Trinajstić information content (AvgIpc) is 3.01. The standard InChI is InChI=1S/C36H36N2O7/c1-20-15-27-25(8-10-29(39)38(27)19-21-16-23(42-5)18-24(17-21)43-6)32(30(20)34(35(40)41)45-36(2,3)4)26-7-9-28-31-22(12-14-44-28)11-13-37-33(26)31/h7-11,13,15-18,34H,12,14,19H2,1-6H3,(H,40,41). The fraction of sp³-hybridized carbons (Fsp3) is 0.306. The number of fused-ring (bicyclic) bond motifs is 1. The lowest BCUT2D eigenvalue weighted by molar-refractivity contribution is -0.160. The van der Waals surface area contributed by atoms with Crippen LogP contribution >= 0.6 is 0 Å². The Morgan fingerprint density at radius 2 is 1.78 bits per heavy atom. The second kappa shape index (κ2) is 11.6. The van der Waals surface area contributed by atoms with Crippen LogP contribution in [0.2, 0.25) is 0 Å². The molecule has 3 heterocycles. The molecule has 0 bridgehead atoms. The van der Waals surface area contributed by atoms with Crippen molar-refractivity contribution in [1.82, 2.24) is 9.55 Å². The van der Waals surface area contributed by atoms with Crippen LogP contribution in [0.1, 0.15) is 49.1 Å². The van der Waals surface area contributed by atoms with Crippen LogP contribution in [-0.4, -0.2) is 47.1 Å². The fourth-order valence-electron chi connectivity index (χ4n) is 6.21. The van der Waals surface area contributed by atoms with Crippen molar-refractivity contribution in [3.05, 3.63) is 93.4 Å². The number of nitrogens with zero attached hydrogens (tertiary/aromatic N) is 2. The maximum Gasteiger partial charge on any atom is 0.337 e. The van der Waals surface area contributed by atoms with Gasteiger partial charge in [0.05, 0.1) is 44.0 Å². The van der Waals surface area contributed by atoms with Gasteiger partial charge in [0.2, 0.25) is 0 Å². The van der Waals surface area contributed by atoms with Crippen LogP contribution in [0.15, 0.2) is 65.6 Å². The predicted molar refractivity (Wildman–Crippen MR) is 173 cm³/mol. The maximum absolute atomic E-state index is 13.5. The monoisotopic (exact) mass is 608 g/mol. The second-order valence-electron chi connectivity index (χ2n) is 12.2. The summed E-state index contributed by atoms with van der Waals surface area (Å²) in [7, 11) is 3.16. The third kappa shape index (κ3) is 5.60. The zero-order chi connectivity index (χ0) is 32.0. The Hall–Kier alpha value is -4.89. The van der Waals surface area contributed by atoms with Gasteiger partial charge in [-0.2, -0.15) is 0 Å². The molecule has 0 amide bonds. The van der Waals surface area contributed by atoms with E-state index < -0.39 is 17.7 Å². The SMILES string of the molecule is COc1cc(Cn2c(=O)ccc3c(-c4ccc5c6c(ccnc46)CCO5)c(C(OC(C)(C)C)C(=O)O)c(C)cc32)cc(OC)c1. The first kappa shape index (κ1) is 30.1. The molecular formula is C36H36N2O7. The summed E-state index contributed by atoms with van der Waals surface area (Å²) in [6.07, 6.45) is 1.24. The third-order valence-electron chi connectivity index (χ3n) is 8.09. The van der Waals surface area contributed by atoms with Gasteiger partial charge in [0, 0.05) is 46.6 Å². The van der Waals surface area contributed by atoms with Crippen LogP contribution in [-0.2, 0) is 22.5 Å². The summed E-state index contributed by atoms with van der Waals surface area (Å²) < 4.78 is 24.9. The first-order valence-corrected chi connectivity index (χ1v) is 14.8. The van der Waals surface area contributed by atoms with E-state index in [0.29, 0.717) is 51.2 Å². The molecule has 1 unspecified atom stereocenters. The number of carboxylic acid groups (broad SMARTS) is 1. The van der Waals surface area contributed by atoms with E-state index in [1.165, 1.54) is 6.07 Å². The average molecular weight is 609 g/mol. The number of ether oxygens (including phenoxy) is 4. The first-order chi connectivity index (χ1) is 21.5. The molecule has 1 aliphatic heterocycles. The van der Waals surface area contributed by atoms with Crippen molar-refractivity contribution in [3.8, 4) is 28.4 Å². The Bertz CT molecular complexity index is 1990. The predicted octanol–water partition coefficient (Wildman–Crippen LogP) is 6.47. The minimum atomic E-state index is -1.28. The molecular weight excluding hydrogens is 572 g/mol. The van der Waals surface area contributed by atoms with Crippen molar-refractivity contribution < 1.29 is 28.8 Å². The smallest absolute Gasteiger partial charge is 0.337 e. The number of aliphatic carboxylic acids is 1. The summed E-state index contributed by atoms with van der Waals surface area (Å²) in [5.41, 5.74) is 4.90. The third-order valence-corrected chi connectivity index (χ3v) is 8.09. The zero-order valence-electron chi connectivity index (χ0n) is 26.3. The van der Waals surface area contributed by atoms with Crippen molar-refractivity contribution in [2.75, 3.05) is 20.8 Å². The summed E-state index contributed by atoms with van der Waals surface area (Å²) in [5, 5.41) is 12.2. The van der Waals surface area contributed by atoms with Gasteiger partial charge in [-0.3, -0.25) is 9.78 Å². The molecule has 0 fully saturated rings. The molecule has 1 N–H and O–H groups in total. The Labute approximate surface area is 261 Å². The van der Waals surface area contributed by atoms with Gasteiger partial charge < -0.3 is 28.6 Å². The van der Waals surface area contributed by atoms with Crippen molar-refractivity contribution in [2.45, 2.75) is 52.4 Å². The van der Waals surface area contributed by atoms with Gasteiger partial charge in [0.25, 0.3) is 5.56 Å². The molecule has 0 radical (unpaired) electrons. The van der Waals surface area contributed by atoms with Crippen molar-refractivity contribution in [3.63, 3.8) is 0 Å². The molecule has 9 heteroatoms. The fourth-order valence-corrected chi connectivity index (χ4v) is 6.21. The lowest BCUT2D eigenvalue weighted by Crippen LogP contribution is -2.28. The van der Waals surface area contributed by atoms with E-state index in [-0.39, 0.29) is 12.1 Å². The highest BCUT2D eigenvalue weighted by atomic mass is 16.5. The second-order valence-corrected chi connectivity index (χ2v) is 12.2. The Balaban J connectivity index is 1.70. The van der Waals surface area contributed by atoms with Gasteiger partial charge in [-0.15, -0.1) is 0 Å². The Morgan fingerprint density at radius 3 is 2.44 bits per heavy atom. The lowest BCUT2D eigenvalue weighted by Gasteiger charge is -2.29. The zero-order valence-corrected chi connectivity index (χ0v) is 26.3. The highest BCUT2D eigenvalue weighted by Gasteiger charge is 2.33. The molecule has 5 aromatic rings. The topological polar surface area (TPSA) is 109 Å². The molecule has 45 heavy (non-hydrogen) atoms. The number of aromatic nitrogens is 2. The summed E-state index contributed by atoms with van der Waals surface area (Å²) in [6.45, 7) is 8.17. The molecule has 1 aliphatic rings. The molecule has 6 rings (SSSR count). The van der Waals surface area contributed by atoms with E-state index in [1.54, 1.807) is 37.1 Å². The normalized spacial score (nSPS) is 13.5. The quantitative estimate of drug-likeness (QED) is 0.214. The number of aryl methyl sites for hydroxylation is 1. The van der Waals surface area contributed by atoms with Crippen LogP contribution in [0.5, 0.6) is 17.2 Å². The molecule has 2 aromatic heterocycles. The van der Waals surface area contributed by atoms with Crippen LogP contribution < -0.4 is 19.8 Å². The van der Waals surface area contributed by atoms with Crippen LogP contribution in [0.25, 0.3) is 32.9 Å². The Kier molecular flexibility index (Phi) is 7.74. The van der Waals surface area contributed by atoms with E-state index >= 15 is 0 Å². The van der Waals surface area contributed by atoms with Crippen molar-refractivity contribution in [1.29, 1.82) is 0 Å². The largest absolute Gasteiger partial charge is 0.497 e. The summed E-state index contributed by atoms with van der Waals surface area (Å²) in [5.74, 6) is 0.852. The molecule has 0 aliphatic carbocycles. The molecule has 9 nitrogen and oxygen atoms in total. The number of carbonyl (C=O) groups is 1. The highest BCUT2D eigenvalue weighted by Crippen LogP contribution is 2.45. The van der Waals surface area contributed by atoms with E-state index in [0.717, 1.165) is 34.2 Å². The number of pyridine rings is 2. The molecule has 1 atom stereocenters. The maximum atomic E-state index is 13.5. The minimum absolute atomic E-state index is 0.202. The van der Waals surface area contributed by atoms with Crippen molar-refractivity contribution >= 4 is 27.8 Å².